The van der Waals surface area contributed by atoms with Crippen molar-refractivity contribution in [2.45, 2.75) is 6.18 Å². The number of hydrogen-bond donors (Lipinski definition) is 0. The first-order valence-corrected chi connectivity index (χ1v) is 4.68. The Hall–Kier alpha value is -2.11. The van der Waals surface area contributed by atoms with Gasteiger partial charge in [-0.1, -0.05) is 0 Å². The topological polar surface area (TPSA) is 34.9 Å². The van der Waals surface area contributed by atoms with Crippen molar-refractivity contribution in [1.82, 2.24) is 9.55 Å². The number of aldehydes is 1. The number of hydrogen-bond acceptors (Lipinski definition) is 2. The molecule has 0 radical (unpaired) electrons. The van der Waals surface area contributed by atoms with E-state index in [0.29, 0.717) is 17.7 Å². The van der Waals surface area contributed by atoms with E-state index >= 15 is 0 Å². The lowest BCUT2D eigenvalue weighted by atomic mass is 10.3. The van der Waals surface area contributed by atoms with Gasteiger partial charge in [-0.15, -0.1) is 0 Å². The summed E-state index contributed by atoms with van der Waals surface area (Å²) in [7, 11) is 0. The van der Waals surface area contributed by atoms with Gasteiger partial charge >= 0.3 is 6.18 Å². The lowest BCUT2D eigenvalue weighted by Gasteiger charge is -2.08. The molecule has 88 valence electrons. The molecule has 17 heavy (non-hydrogen) atoms. The fraction of sp³-hybridized carbons (Fsp3) is 0.0909. The second kappa shape index (κ2) is 4.04. The van der Waals surface area contributed by atoms with E-state index in [9.17, 15) is 18.0 Å². The van der Waals surface area contributed by atoms with Crippen LogP contribution in [-0.2, 0) is 6.18 Å². The van der Waals surface area contributed by atoms with Gasteiger partial charge in [-0.3, -0.25) is 4.79 Å². The van der Waals surface area contributed by atoms with Crippen molar-refractivity contribution in [1.29, 1.82) is 0 Å². The molecule has 2 heterocycles. The van der Waals surface area contributed by atoms with Gasteiger partial charge in [0.15, 0.2) is 6.29 Å². The van der Waals surface area contributed by atoms with Crippen molar-refractivity contribution < 1.29 is 18.0 Å². The van der Waals surface area contributed by atoms with Gasteiger partial charge in [0, 0.05) is 6.20 Å². The fourth-order valence-electron chi connectivity index (χ4n) is 1.42. The standard InChI is InChI=1S/C11H7F3N2O/c12-11(13,14)10-4-3-8(6-15-10)16-5-1-2-9(16)7-17/h1-7H. The van der Waals surface area contributed by atoms with Crippen molar-refractivity contribution in [2.75, 3.05) is 0 Å². The van der Waals surface area contributed by atoms with Gasteiger partial charge < -0.3 is 4.57 Å². The van der Waals surface area contributed by atoms with Crippen LogP contribution in [-0.4, -0.2) is 15.8 Å². The molecule has 0 N–H and O–H groups in total. The summed E-state index contributed by atoms with van der Waals surface area (Å²) in [4.78, 5) is 14.0. The quantitative estimate of drug-likeness (QED) is 0.756. The second-order valence-electron chi connectivity index (χ2n) is 3.32. The molecule has 0 aliphatic heterocycles. The molecule has 0 saturated carbocycles. The molecule has 3 nitrogen and oxygen atoms in total. The Morgan fingerprint density at radius 2 is 2.00 bits per heavy atom. The van der Waals surface area contributed by atoms with Crippen LogP contribution in [0.3, 0.4) is 0 Å². The molecule has 0 amide bonds. The van der Waals surface area contributed by atoms with Gasteiger partial charge in [-0.2, -0.15) is 13.2 Å². The minimum atomic E-state index is -4.46. The molecule has 0 bridgehead atoms. The van der Waals surface area contributed by atoms with Gasteiger partial charge in [-0.25, -0.2) is 4.98 Å². The number of pyridine rings is 1. The SMILES string of the molecule is O=Cc1cccn1-c1ccc(C(F)(F)F)nc1. The number of carbonyl (C=O) groups is 1. The van der Waals surface area contributed by atoms with Crippen LogP contribution in [0, 0.1) is 0 Å². The first-order chi connectivity index (χ1) is 8.02. The highest BCUT2D eigenvalue weighted by molar-refractivity contribution is 5.73. The van der Waals surface area contributed by atoms with E-state index in [1.807, 2.05) is 0 Å². The van der Waals surface area contributed by atoms with E-state index < -0.39 is 11.9 Å². The molecule has 0 aliphatic carbocycles. The van der Waals surface area contributed by atoms with E-state index in [4.69, 9.17) is 0 Å². The second-order valence-corrected chi connectivity index (χ2v) is 3.32. The maximum absolute atomic E-state index is 12.3. The van der Waals surface area contributed by atoms with Crippen molar-refractivity contribution in [3.8, 4) is 5.69 Å². The zero-order valence-electron chi connectivity index (χ0n) is 8.48. The first kappa shape index (κ1) is 11.4. The summed E-state index contributed by atoms with van der Waals surface area (Å²) in [5.41, 5.74) is -0.197. The third-order valence-corrected chi connectivity index (χ3v) is 2.22. The van der Waals surface area contributed by atoms with E-state index in [1.165, 1.54) is 10.6 Å². The highest BCUT2D eigenvalue weighted by atomic mass is 19.4. The Bertz CT molecular complexity index is 528. The zero-order valence-corrected chi connectivity index (χ0v) is 8.48. The van der Waals surface area contributed by atoms with Crippen LogP contribution in [0.15, 0.2) is 36.7 Å². The molecule has 2 aromatic rings. The molecule has 0 fully saturated rings. The van der Waals surface area contributed by atoms with E-state index in [0.717, 1.165) is 12.3 Å². The molecule has 2 aromatic heterocycles. The number of rotatable bonds is 2. The predicted molar refractivity (Wildman–Crippen MR) is 54.0 cm³/mol. The summed E-state index contributed by atoms with van der Waals surface area (Å²) in [5, 5.41) is 0. The summed E-state index contributed by atoms with van der Waals surface area (Å²) in [6.07, 6.45) is -1.18. The molecule has 0 aromatic carbocycles. The van der Waals surface area contributed by atoms with Crippen LogP contribution in [0.2, 0.25) is 0 Å². The maximum Gasteiger partial charge on any atom is 0.433 e. The fourth-order valence-corrected chi connectivity index (χ4v) is 1.42. The molecule has 6 heteroatoms. The Balaban J connectivity index is 2.39. The van der Waals surface area contributed by atoms with Crippen molar-refractivity contribution >= 4 is 6.29 Å². The summed E-state index contributed by atoms with van der Waals surface area (Å²) in [6.45, 7) is 0. The maximum atomic E-state index is 12.3. The molecule has 0 spiro atoms. The molecule has 2 rings (SSSR count). The van der Waals surface area contributed by atoms with Gasteiger partial charge in [0.25, 0.3) is 0 Å². The van der Waals surface area contributed by atoms with Gasteiger partial charge in [0.05, 0.1) is 17.6 Å². The highest BCUT2D eigenvalue weighted by Crippen LogP contribution is 2.27. The minimum absolute atomic E-state index is 0.353. The zero-order chi connectivity index (χ0) is 12.5. The average molecular weight is 240 g/mol. The monoisotopic (exact) mass is 240 g/mol. The average Bonchev–Trinajstić information content (AvgIpc) is 2.76. The van der Waals surface area contributed by atoms with Crippen LogP contribution in [0.5, 0.6) is 0 Å². The lowest BCUT2D eigenvalue weighted by Crippen LogP contribution is -2.08. The van der Waals surface area contributed by atoms with Crippen LogP contribution >= 0.6 is 0 Å². The Morgan fingerprint density at radius 3 is 2.53 bits per heavy atom. The Labute approximate surface area is 94.5 Å². The van der Waals surface area contributed by atoms with E-state index in [-0.39, 0.29) is 0 Å². The molecular formula is C11H7F3N2O. The third kappa shape index (κ3) is 2.20. The summed E-state index contributed by atoms with van der Waals surface area (Å²) < 4.78 is 38.3. The predicted octanol–water partition coefficient (Wildman–Crippen LogP) is 2.70. The third-order valence-electron chi connectivity index (χ3n) is 2.22. The molecule has 0 saturated heterocycles. The van der Waals surface area contributed by atoms with Crippen molar-refractivity contribution in [2.24, 2.45) is 0 Å². The Kier molecular flexibility index (Phi) is 2.71. The van der Waals surface area contributed by atoms with Gasteiger partial charge in [0.1, 0.15) is 5.69 Å². The van der Waals surface area contributed by atoms with Gasteiger partial charge in [-0.05, 0) is 24.3 Å². The van der Waals surface area contributed by atoms with Gasteiger partial charge in [0.2, 0.25) is 0 Å². The number of alkyl halides is 3. The number of nitrogens with zero attached hydrogens (tertiary/aromatic N) is 2. The molecular weight excluding hydrogens is 233 g/mol. The van der Waals surface area contributed by atoms with Crippen LogP contribution < -0.4 is 0 Å². The number of halogens is 3. The van der Waals surface area contributed by atoms with Crippen molar-refractivity contribution in [3.05, 3.63) is 48.0 Å². The summed E-state index contributed by atoms with van der Waals surface area (Å²) >= 11 is 0. The summed E-state index contributed by atoms with van der Waals surface area (Å²) in [5.74, 6) is 0. The first-order valence-electron chi connectivity index (χ1n) is 4.68. The molecule has 0 unspecified atom stereocenters. The lowest BCUT2D eigenvalue weighted by molar-refractivity contribution is -0.141. The number of carbonyl (C=O) groups excluding carboxylic acids is 1. The summed E-state index contributed by atoms with van der Waals surface area (Å²) in [6, 6.07) is 5.33. The van der Waals surface area contributed by atoms with Crippen LogP contribution in [0.25, 0.3) is 5.69 Å². The van der Waals surface area contributed by atoms with E-state index in [1.54, 1.807) is 18.3 Å². The number of aromatic nitrogens is 2. The van der Waals surface area contributed by atoms with E-state index in [2.05, 4.69) is 4.98 Å². The normalized spacial score (nSPS) is 11.5. The van der Waals surface area contributed by atoms with Crippen LogP contribution in [0.1, 0.15) is 16.2 Å². The van der Waals surface area contributed by atoms with Crippen LogP contribution in [0.4, 0.5) is 13.2 Å². The largest absolute Gasteiger partial charge is 0.433 e. The highest BCUT2D eigenvalue weighted by Gasteiger charge is 2.32. The molecule has 0 aliphatic rings. The van der Waals surface area contributed by atoms with Crippen molar-refractivity contribution in [3.63, 3.8) is 0 Å². The smallest absolute Gasteiger partial charge is 0.313 e. The Morgan fingerprint density at radius 1 is 1.24 bits per heavy atom. The minimum Gasteiger partial charge on any atom is -0.313 e. The molecule has 0 atom stereocenters.